The molecule has 3 rings (SSSR count). The van der Waals surface area contributed by atoms with E-state index in [1.54, 1.807) is 12.4 Å². The topological polar surface area (TPSA) is 56.1 Å². The molecule has 112 valence electrons. The van der Waals surface area contributed by atoms with Crippen molar-refractivity contribution in [3.8, 4) is 6.07 Å². The fourth-order valence-corrected chi connectivity index (χ4v) is 2.97. The van der Waals surface area contributed by atoms with Gasteiger partial charge in [0.2, 0.25) is 5.95 Å². The molecule has 0 N–H and O–H groups in total. The number of anilines is 2. The zero-order valence-electron chi connectivity index (χ0n) is 12.7. The highest BCUT2D eigenvalue weighted by atomic mass is 15.3. The van der Waals surface area contributed by atoms with Crippen molar-refractivity contribution >= 4 is 11.6 Å². The highest BCUT2D eigenvalue weighted by Crippen LogP contribution is 2.26. The molecule has 0 aliphatic carbocycles. The Morgan fingerprint density at radius 2 is 2.00 bits per heavy atom. The van der Waals surface area contributed by atoms with E-state index in [9.17, 15) is 5.26 Å². The summed E-state index contributed by atoms with van der Waals surface area (Å²) in [6, 6.07) is 12.3. The number of hydrogen-bond donors (Lipinski definition) is 0. The maximum Gasteiger partial charge on any atom is 0.225 e. The van der Waals surface area contributed by atoms with Gasteiger partial charge >= 0.3 is 0 Å². The molecule has 1 aromatic heterocycles. The van der Waals surface area contributed by atoms with E-state index in [-0.39, 0.29) is 0 Å². The van der Waals surface area contributed by atoms with Crippen LogP contribution in [0.4, 0.5) is 11.6 Å². The molecule has 1 aliphatic rings. The van der Waals surface area contributed by atoms with Gasteiger partial charge in [-0.3, -0.25) is 0 Å². The van der Waals surface area contributed by atoms with Crippen molar-refractivity contribution in [1.82, 2.24) is 9.97 Å². The Balaban J connectivity index is 1.79. The molecule has 2 aromatic rings. The summed E-state index contributed by atoms with van der Waals surface area (Å²) in [5.74, 6) is 0.753. The SMILES string of the molecule is CN(c1ncccn1)C1CCCN(c2ccccc2C#N)C1. The molecule has 0 amide bonds. The number of rotatable bonds is 3. The predicted octanol–water partition coefficient (Wildman–Crippen LogP) is 2.45. The van der Waals surface area contributed by atoms with Crippen LogP contribution >= 0.6 is 0 Å². The van der Waals surface area contributed by atoms with Crippen molar-refractivity contribution in [2.75, 3.05) is 29.9 Å². The average Bonchev–Trinajstić information content (AvgIpc) is 2.62. The first-order chi connectivity index (χ1) is 10.8. The molecule has 0 spiro atoms. The normalized spacial score (nSPS) is 17.8. The molecule has 1 aromatic carbocycles. The number of para-hydroxylation sites is 1. The van der Waals surface area contributed by atoms with E-state index in [2.05, 4.69) is 25.8 Å². The third kappa shape index (κ3) is 2.86. The summed E-state index contributed by atoms with van der Waals surface area (Å²) >= 11 is 0. The quantitative estimate of drug-likeness (QED) is 0.870. The van der Waals surface area contributed by atoms with Crippen LogP contribution in [0.25, 0.3) is 0 Å². The standard InChI is InChI=1S/C17H19N5/c1-21(17-19-9-5-10-20-17)15-7-4-11-22(13-15)16-8-3-2-6-14(16)12-18/h2-3,5-6,8-10,15H,4,7,11,13H2,1H3. The van der Waals surface area contributed by atoms with Gasteiger partial charge in [-0.05, 0) is 31.0 Å². The van der Waals surface area contributed by atoms with Crippen LogP contribution in [0.5, 0.6) is 0 Å². The lowest BCUT2D eigenvalue weighted by Gasteiger charge is -2.39. The monoisotopic (exact) mass is 293 g/mol. The maximum atomic E-state index is 9.30. The lowest BCUT2D eigenvalue weighted by Crippen LogP contribution is -2.47. The molecular formula is C17H19N5. The molecular weight excluding hydrogens is 274 g/mol. The second kappa shape index (κ2) is 6.44. The minimum absolute atomic E-state index is 0.350. The molecule has 1 atom stereocenters. The number of hydrogen-bond acceptors (Lipinski definition) is 5. The number of likely N-dealkylation sites (N-methyl/N-ethyl adjacent to an activating group) is 1. The van der Waals surface area contributed by atoms with Crippen LogP contribution in [0.2, 0.25) is 0 Å². The number of benzene rings is 1. The molecule has 0 bridgehead atoms. The van der Waals surface area contributed by atoms with Gasteiger partial charge in [-0.1, -0.05) is 12.1 Å². The van der Waals surface area contributed by atoms with Crippen molar-refractivity contribution < 1.29 is 0 Å². The van der Waals surface area contributed by atoms with Crippen molar-refractivity contribution in [2.45, 2.75) is 18.9 Å². The fraction of sp³-hybridized carbons (Fsp3) is 0.353. The molecule has 1 unspecified atom stereocenters. The van der Waals surface area contributed by atoms with Crippen LogP contribution < -0.4 is 9.80 Å². The number of piperidine rings is 1. The van der Waals surface area contributed by atoms with Gasteiger partial charge in [0, 0.05) is 38.6 Å². The minimum Gasteiger partial charge on any atom is -0.368 e. The molecule has 0 radical (unpaired) electrons. The van der Waals surface area contributed by atoms with Crippen LogP contribution in [-0.4, -0.2) is 36.1 Å². The average molecular weight is 293 g/mol. The Bertz CT molecular complexity index is 664. The van der Waals surface area contributed by atoms with Crippen LogP contribution in [0.1, 0.15) is 18.4 Å². The summed E-state index contributed by atoms with van der Waals surface area (Å²) in [5, 5.41) is 9.30. The fourth-order valence-electron chi connectivity index (χ4n) is 2.97. The van der Waals surface area contributed by atoms with Crippen LogP contribution in [0.15, 0.2) is 42.7 Å². The van der Waals surface area contributed by atoms with Crippen molar-refractivity contribution in [1.29, 1.82) is 5.26 Å². The van der Waals surface area contributed by atoms with Crippen LogP contribution in [0, 0.1) is 11.3 Å². The summed E-state index contributed by atoms with van der Waals surface area (Å²) in [6.45, 7) is 1.87. The number of nitrogens with zero attached hydrogens (tertiary/aromatic N) is 5. The molecule has 2 heterocycles. The molecule has 5 heteroatoms. The zero-order chi connectivity index (χ0) is 15.4. The van der Waals surface area contributed by atoms with Gasteiger partial charge in [0.25, 0.3) is 0 Å². The van der Waals surface area contributed by atoms with Crippen molar-refractivity contribution in [3.63, 3.8) is 0 Å². The van der Waals surface area contributed by atoms with Crippen LogP contribution in [-0.2, 0) is 0 Å². The lowest BCUT2D eigenvalue weighted by molar-refractivity contribution is 0.483. The largest absolute Gasteiger partial charge is 0.368 e. The highest BCUT2D eigenvalue weighted by Gasteiger charge is 2.25. The molecule has 1 fully saturated rings. The van der Waals surface area contributed by atoms with Gasteiger partial charge in [-0.15, -0.1) is 0 Å². The first kappa shape index (κ1) is 14.3. The summed E-state index contributed by atoms with van der Waals surface area (Å²) in [4.78, 5) is 13.1. The predicted molar refractivity (Wildman–Crippen MR) is 86.8 cm³/mol. The van der Waals surface area contributed by atoms with Crippen molar-refractivity contribution in [2.24, 2.45) is 0 Å². The summed E-state index contributed by atoms with van der Waals surface area (Å²) < 4.78 is 0. The minimum atomic E-state index is 0.350. The van der Waals surface area contributed by atoms with Crippen molar-refractivity contribution in [3.05, 3.63) is 48.3 Å². The third-order valence-corrected chi connectivity index (χ3v) is 4.18. The first-order valence-corrected chi connectivity index (χ1v) is 7.53. The van der Waals surface area contributed by atoms with E-state index in [1.165, 1.54) is 0 Å². The Hall–Kier alpha value is -2.61. The highest BCUT2D eigenvalue weighted by molar-refractivity contribution is 5.59. The number of nitriles is 1. The molecule has 1 saturated heterocycles. The Morgan fingerprint density at radius 1 is 1.23 bits per heavy atom. The van der Waals surface area contributed by atoms with E-state index in [0.717, 1.165) is 43.1 Å². The van der Waals surface area contributed by atoms with Gasteiger partial charge in [0.15, 0.2) is 0 Å². The van der Waals surface area contributed by atoms with E-state index in [1.807, 2.05) is 37.4 Å². The van der Waals surface area contributed by atoms with Crippen LogP contribution in [0.3, 0.4) is 0 Å². The third-order valence-electron chi connectivity index (χ3n) is 4.18. The second-order valence-corrected chi connectivity index (χ2v) is 5.53. The van der Waals surface area contributed by atoms with E-state index >= 15 is 0 Å². The van der Waals surface area contributed by atoms with Gasteiger partial charge < -0.3 is 9.80 Å². The Labute approximate surface area is 130 Å². The van der Waals surface area contributed by atoms with Gasteiger partial charge in [0.1, 0.15) is 6.07 Å². The van der Waals surface area contributed by atoms with E-state index in [4.69, 9.17) is 0 Å². The summed E-state index contributed by atoms with van der Waals surface area (Å²) in [6.07, 6.45) is 5.75. The van der Waals surface area contributed by atoms with Gasteiger partial charge in [-0.25, -0.2) is 9.97 Å². The smallest absolute Gasteiger partial charge is 0.225 e. The summed E-state index contributed by atoms with van der Waals surface area (Å²) in [7, 11) is 2.04. The molecule has 0 saturated carbocycles. The Kier molecular flexibility index (Phi) is 4.19. The van der Waals surface area contributed by atoms with E-state index in [0.29, 0.717) is 6.04 Å². The second-order valence-electron chi connectivity index (χ2n) is 5.53. The summed E-state index contributed by atoms with van der Waals surface area (Å²) in [5.41, 5.74) is 1.76. The number of aromatic nitrogens is 2. The molecule has 1 aliphatic heterocycles. The zero-order valence-corrected chi connectivity index (χ0v) is 12.7. The molecule has 22 heavy (non-hydrogen) atoms. The lowest BCUT2D eigenvalue weighted by atomic mass is 10.0. The first-order valence-electron chi connectivity index (χ1n) is 7.53. The molecule has 5 nitrogen and oxygen atoms in total. The maximum absolute atomic E-state index is 9.30. The van der Waals surface area contributed by atoms with E-state index < -0.39 is 0 Å². The Morgan fingerprint density at radius 3 is 2.77 bits per heavy atom. The van der Waals surface area contributed by atoms with Gasteiger partial charge in [-0.2, -0.15) is 5.26 Å². The van der Waals surface area contributed by atoms with Gasteiger partial charge in [0.05, 0.1) is 11.3 Å².